The van der Waals surface area contributed by atoms with E-state index in [0.717, 1.165) is 12.3 Å². The van der Waals surface area contributed by atoms with Crippen molar-refractivity contribution in [2.75, 3.05) is 19.8 Å². The molecule has 1 saturated heterocycles. The lowest BCUT2D eigenvalue weighted by atomic mass is 10.0. The largest absolute Gasteiger partial charge is 0.444 e. The van der Waals surface area contributed by atoms with Crippen LogP contribution >= 0.6 is 0 Å². The molecule has 2 rings (SSSR count). The summed E-state index contributed by atoms with van der Waals surface area (Å²) in [5.74, 6) is 0.931. The third-order valence-corrected chi connectivity index (χ3v) is 4.43. The van der Waals surface area contributed by atoms with Crippen LogP contribution in [0.5, 0.6) is 0 Å². The maximum Gasteiger partial charge on any atom is 0.410 e. The summed E-state index contributed by atoms with van der Waals surface area (Å²) in [6, 6.07) is 0.992. The zero-order chi connectivity index (χ0) is 17.0. The molecule has 1 amide bonds. The van der Waals surface area contributed by atoms with Gasteiger partial charge in [0.2, 0.25) is 0 Å². The van der Waals surface area contributed by atoms with Crippen molar-refractivity contribution in [3.63, 3.8) is 0 Å². The van der Waals surface area contributed by atoms with Crippen LogP contribution in [0.1, 0.15) is 60.3 Å². The lowest BCUT2D eigenvalue weighted by Gasteiger charge is -2.38. The first-order chi connectivity index (χ1) is 10.7. The third kappa shape index (κ3) is 6.68. The molecular formula is C18H34N2O3. The normalized spacial score (nSPS) is 25.1. The van der Waals surface area contributed by atoms with Crippen LogP contribution in [0.25, 0.3) is 0 Å². The average molecular weight is 326 g/mol. The van der Waals surface area contributed by atoms with Crippen LogP contribution in [0.2, 0.25) is 0 Å². The minimum atomic E-state index is -0.456. The first kappa shape index (κ1) is 18.5. The molecule has 0 aromatic carbocycles. The van der Waals surface area contributed by atoms with Gasteiger partial charge < -0.3 is 19.7 Å². The number of hydrogen-bond acceptors (Lipinski definition) is 4. The second-order valence-corrected chi connectivity index (χ2v) is 8.29. The van der Waals surface area contributed by atoms with Gasteiger partial charge in [0.05, 0.1) is 19.3 Å². The summed E-state index contributed by atoms with van der Waals surface area (Å²) in [5.41, 5.74) is -0.456. The minimum Gasteiger partial charge on any atom is -0.444 e. The van der Waals surface area contributed by atoms with Crippen molar-refractivity contribution in [1.82, 2.24) is 10.2 Å². The highest BCUT2D eigenvalue weighted by molar-refractivity contribution is 5.68. The van der Waals surface area contributed by atoms with Crippen LogP contribution in [0, 0.1) is 5.92 Å². The van der Waals surface area contributed by atoms with Gasteiger partial charge in [0.1, 0.15) is 5.60 Å². The second kappa shape index (κ2) is 7.84. The number of morpholine rings is 1. The number of carbonyl (C=O) groups is 1. The maximum atomic E-state index is 12.4. The summed E-state index contributed by atoms with van der Waals surface area (Å²) in [6.45, 7) is 12.0. The summed E-state index contributed by atoms with van der Waals surface area (Å²) in [7, 11) is 0. The maximum absolute atomic E-state index is 12.4. The standard InChI is InChI=1S/C18H34N2O3/c1-13(10-15-6-7-15)19-14(2)11-16-12-22-9-8-20(16)17(21)23-18(3,4)5/h13-16,19H,6-12H2,1-5H3. The fourth-order valence-corrected chi connectivity index (χ4v) is 3.29. The second-order valence-electron chi connectivity index (χ2n) is 8.29. The Morgan fingerprint density at radius 3 is 2.52 bits per heavy atom. The van der Waals surface area contributed by atoms with Crippen LogP contribution in [-0.4, -0.2) is 54.5 Å². The molecule has 0 bridgehead atoms. The smallest absolute Gasteiger partial charge is 0.410 e. The Kier molecular flexibility index (Phi) is 6.32. The van der Waals surface area contributed by atoms with Gasteiger partial charge in [0.25, 0.3) is 0 Å². The van der Waals surface area contributed by atoms with Crippen molar-refractivity contribution in [3.8, 4) is 0 Å². The first-order valence-corrected chi connectivity index (χ1v) is 9.08. The minimum absolute atomic E-state index is 0.0919. The van der Waals surface area contributed by atoms with Gasteiger partial charge in [-0.25, -0.2) is 4.79 Å². The van der Waals surface area contributed by atoms with E-state index < -0.39 is 5.60 Å². The van der Waals surface area contributed by atoms with Gasteiger partial charge in [-0.15, -0.1) is 0 Å². The van der Waals surface area contributed by atoms with E-state index in [1.54, 1.807) is 0 Å². The molecular weight excluding hydrogens is 292 g/mol. The average Bonchev–Trinajstić information content (AvgIpc) is 3.20. The molecule has 1 aliphatic heterocycles. The Hall–Kier alpha value is -0.810. The Morgan fingerprint density at radius 2 is 1.91 bits per heavy atom. The summed E-state index contributed by atoms with van der Waals surface area (Å²) >= 11 is 0. The van der Waals surface area contributed by atoms with Crippen molar-refractivity contribution in [2.45, 2.75) is 84.0 Å². The molecule has 2 aliphatic rings. The fraction of sp³-hybridized carbons (Fsp3) is 0.944. The number of amides is 1. The predicted molar refractivity (Wildman–Crippen MR) is 91.6 cm³/mol. The molecule has 2 fully saturated rings. The molecule has 0 aromatic rings. The lowest BCUT2D eigenvalue weighted by molar-refractivity contribution is -0.0357. The van der Waals surface area contributed by atoms with Crippen LogP contribution in [0.4, 0.5) is 4.79 Å². The zero-order valence-electron chi connectivity index (χ0n) is 15.4. The number of ether oxygens (including phenoxy) is 2. The van der Waals surface area contributed by atoms with Crippen LogP contribution in [0.3, 0.4) is 0 Å². The van der Waals surface area contributed by atoms with Crippen molar-refractivity contribution < 1.29 is 14.3 Å². The van der Waals surface area contributed by atoms with E-state index in [-0.39, 0.29) is 12.1 Å². The van der Waals surface area contributed by atoms with Gasteiger partial charge in [0, 0.05) is 18.6 Å². The highest BCUT2D eigenvalue weighted by Gasteiger charge is 2.32. The molecule has 23 heavy (non-hydrogen) atoms. The van der Waals surface area contributed by atoms with E-state index in [0.29, 0.717) is 31.8 Å². The lowest BCUT2D eigenvalue weighted by Crippen LogP contribution is -2.52. The van der Waals surface area contributed by atoms with Crippen molar-refractivity contribution >= 4 is 6.09 Å². The summed E-state index contributed by atoms with van der Waals surface area (Å²) in [4.78, 5) is 14.3. The van der Waals surface area contributed by atoms with E-state index in [9.17, 15) is 4.79 Å². The van der Waals surface area contributed by atoms with Gasteiger partial charge in [-0.2, -0.15) is 0 Å². The van der Waals surface area contributed by atoms with Crippen molar-refractivity contribution in [2.24, 2.45) is 5.92 Å². The molecule has 5 nitrogen and oxygen atoms in total. The molecule has 1 saturated carbocycles. The summed E-state index contributed by atoms with van der Waals surface area (Å²) < 4.78 is 11.1. The summed E-state index contributed by atoms with van der Waals surface area (Å²) in [6.07, 6.45) is 4.73. The molecule has 0 spiro atoms. The molecule has 134 valence electrons. The molecule has 3 unspecified atom stereocenters. The number of hydrogen-bond donors (Lipinski definition) is 1. The van der Waals surface area contributed by atoms with Gasteiger partial charge in [-0.3, -0.25) is 0 Å². The van der Waals surface area contributed by atoms with Crippen molar-refractivity contribution in [1.29, 1.82) is 0 Å². The van der Waals surface area contributed by atoms with Crippen LogP contribution in [0.15, 0.2) is 0 Å². The highest BCUT2D eigenvalue weighted by atomic mass is 16.6. The quantitative estimate of drug-likeness (QED) is 0.814. The van der Waals surface area contributed by atoms with Gasteiger partial charge in [0.15, 0.2) is 0 Å². The summed E-state index contributed by atoms with van der Waals surface area (Å²) in [5, 5.41) is 3.67. The Labute approximate surface area is 141 Å². The van der Waals surface area contributed by atoms with E-state index in [4.69, 9.17) is 9.47 Å². The van der Waals surface area contributed by atoms with E-state index in [1.165, 1.54) is 19.3 Å². The topological polar surface area (TPSA) is 50.8 Å². The fourth-order valence-electron chi connectivity index (χ4n) is 3.29. The molecule has 0 radical (unpaired) electrons. The van der Waals surface area contributed by atoms with Gasteiger partial charge >= 0.3 is 6.09 Å². The van der Waals surface area contributed by atoms with E-state index in [2.05, 4.69) is 19.2 Å². The Bertz CT molecular complexity index is 390. The SMILES string of the molecule is CC(CC1CC1)NC(C)CC1COCCN1C(=O)OC(C)(C)C. The van der Waals surface area contributed by atoms with E-state index in [1.807, 2.05) is 25.7 Å². The van der Waals surface area contributed by atoms with Gasteiger partial charge in [-0.05, 0) is 53.4 Å². The van der Waals surface area contributed by atoms with Gasteiger partial charge in [-0.1, -0.05) is 12.8 Å². The molecule has 1 N–H and O–H groups in total. The molecule has 1 heterocycles. The first-order valence-electron chi connectivity index (χ1n) is 9.08. The third-order valence-electron chi connectivity index (χ3n) is 4.43. The van der Waals surface area contributed by atoms with Crippen LogP contribution < -0.4 is 5.32 Å². The Morgan fingerprint density at radius 1 is 1.26 bits per heavy atom. The van der Waals surface area contributed by atoms with Crippen LogP contribution in [-0.2, 0) is 9.47 Å². The highest BCUT2D eigenvalue weighted by Crippen LogP contribution is 2.33. The number of rotatable bonds is 6. The Balaban J connectivity index is 1.83. The molecule has 0 aromatic heterocycles. The van der Waals surface area contributed by atoms with Crippen molar-refractivity contribution in [3.05, 3.63) is 0 Å². The molecule has 1 aliphatic carbocycles. The molecule has 3 atom stereocenters. The monoisotopic (exact) mass is 326 g/mol. The van der Waals surface area contributed by atoms with E-state index >= 15 is 0 Å². The number of carbonyl (C=O) groups excluding carboxylic acids is 1. The number of nitrogens with one attached hydrogen (secondary N) is 1. The number of nitrogens with zero attached hydrogens (tertiary/aromatic N) is 1. The predicted octanol–water partition coefficient (Wildman–Crippen LogP) is 3.18. The zero-order valence-corrected chi connectivity index (χ0v) is 15.4. The molecule has 5 heteroatoms.